The van der Waals surface area contributed by atoms with Crippen molar-refractivity contribution in [2.45, 2.75) is 20.8 Å². The van der Waals surface area contributed by atoms with E-state index >= 15 is 0 Å². The molecule has 1 aliphatic carbocycles. The smallest absolute Gasteiger partial charge is 0.239 e. The minimum absolute atomic E-state index is 0.0139. The lowest BCUT2D eigenvalue weighted by molar-refractivity contribution is -0.538. The van der Waals surface area contributed by atoms with Gasteiger partial charge in [-0.3, -0.25) is 4.79 Å². The van der Waals surface area contributed by atoms with Gasteiger partial charge in [0.2, 0.25) is 16.7 Å². The monoisotopic (exact) mass is 912 g/mol. The summed E-state index contributed by atoms with van der Waals surface area (Å²) in [6.45, 7) is 6.20. The van der Waals surface area contributed by atoms with Gasteiger partial charge in [-0.2, -0.15) is 0 Å². The number of fused-ring (bicyclic) bond motifs is 6. The molecule has 3 aliphatic rings. The summed E-state index contributed by atoms with van der Waals surface area (Å²) in [6.07, 6.45) is 0. The molecule has 0 bridgehead atoms. The Morgan fingerprint density at radius 2 is 1.13 bits per heavy atom. The predicted molar refractivity (Wildman–Crippen MR) is 290 cm³/mol. The van der Waals surface area contributed by atoms with Gasteiger partial charge < -0.3 is 30.7 Å². The highest BCUT2D eigenvalue weighted by atomic mass is 16.1. The van der Waals surface area contributed by atoms with Crippen LogP contribution in [0.5, 0.6) is 0 Å². The predicted octanol–water partition coefficient (Wildman–Crippen LogP) is 13.4. The summed E-state index contributed by atoms with van der Waals surface area (Å²) >= 11 is 0. The molecule has 0 saturated heterocycles. The summed E-state index contributed by atoms with van der Waals surface area (Å²) in [5, 5.41) is 14.4. The molecule has 10 nitrogen and oxygen atoms in total. The van der Waals surface area contributed by atoms with Gasteiger partial charge in [0.1, 0.15) is 11.0 Å². The number of aryl methyl sites for hydroxylation is 3. The number of rotatable bonds is 8. The quantitative estimate of drug-likeness (QED) is 0.0883. The Hall–Kier alpha value is -9.02. The van der Waals surface area contributed by atoms with Gasteiger partial charge >= 0.3 is 0 Å². The fourth-order valence-corrected chi connectivity index (χ4v) is 10.3. The van der Waals surface area contributed by atoms with Gasteiger partial charge in [-0.1, -0.05) is 54.6 Å². The lowest BCUT2D eigenvalue weighted by atomic mass is 9.93. The maximum atomic E-state index is 13.1. The molecule has 340 valence electrons. The molecular formula is C60H50N9O+. The van der Waals surface area contributed by atoms with Crippen molar-refractivity contribution in [1.82, 2.24) is 14.5 Å². The standard InChI is InChI=1S/C60H49N9O/c1-35-24-49-55(67(39-16-10-7-11-17-39)54-27-38(61-4)22-23-46(54)64-49)30-42(35)44-28-52-57(32-47(44)62-5)68(40-18-12-8-13-19-40)56-31-43(36(2)25-50(56)65-52)45-29-53-58(33-48(45)63-6)69(41-20-14-9-15-21-41)59-34-60(70)37(3)26-51(59)66-53/h7-34H,1-6H3,(H3,61,62,63,64,65,66,70)/p+1. The minimum atomic E-state index is -0.0139. The molecule has 0 unspecified atom stereocenters. The molecule has 0 saturated carbocycles. The second-order valence-corrected chi connectivity index (χ2v) is 18.1. The molecule has 8 aromatic carbocycles. The zero-order valence-corrected chi connectivity index (χ0v) is 39.8. The van der Waals surface area contributed by atoms with Crippen molar-refractivity contribution in [3.8, 4) is 45.0 Å². The second-order valence-electron chi connectivity index (χ2n) is 18.1. The normalized spacial score (nSPS) is 12.0. The van der Waals surface area contributed by atoms with Gasteiger partial charge in [-0.15, -0.1) is 4.57 Å². The highest BCUT2D eigenvalue weighted by molar-refractivity contribution is 6.04. The fourth-order valence-electron chi connectivity index (χ4n) is 10.3. The highest BCUT2D eigenvalue weighted by Gasteiger charge is 2.30. The van der Waals surface area contributed by atoms with Gasteiger partial charge in [-0.05, 0) is 134 Å². The van der Waals surface area contributed by atoms with Crippen molar-refractivity contribution >= 4 is 78.6 Å². The van der Waals surface area contributed by atoms with Crippen LogP contribution in [-0.4, -0.2) is 35.7 Å². The van der Waals surface area contributed by atoms with Crippen molar-refractivity contribution in [3.05, 3.63) is 197 Å². The Morgan fingerprint density at radius 1 is 0.500 bits per heavy atom. The third-order valence-electron chi connectivity index (χ3n) is 13.8. The van der Waals surface area contributed by atoms with E-state index in [0.29, 0.717) is 5.56 Å². The molecule has 70 heavy (non-hydrogen) atoms. The van der Waals surface area contributed by atoms with E-state index < -0.39 is 0 Å². The lowest BCUT2D eigenvalue weighted by Crippen LogP contribution is -2.33. The number of hydrogen-bond donors (Lipinski definition) is 4. The average molecular weight is 913 g/mol. The number of nitrogens with one attached hydrogen (secondary N) is 4. The van der Waals surface area contributed by atoms with E-state index in [0.717, 1.165) is 135 Å². The van der Waals surface area contributed by atoms with Crippen LogP contribution >= 0.6 is 0 Å². The number of nitrogens with zero attached hydrogens (tertiary/aromatic N) is 5. The Labute approximate surface area is 405 Å². The molecule has 10 heteroatoms. The number of anilines is 8. The van der Waals surface area contributed by atoms with Crippen molar-refractivity contribution in [2.75, 3.05) is 47.3 Å². The van der Waals surface area contributed by atoms with E-state index in [9.17, 15) is 4.79 Å². The van der Waals surface area contributed by atoms with Crippen molar-refractivity contribution in [3.63, 3.8) is 0 Å². The van der Waals surface area contributed by atoms with E-state index in [4.69, 9.17) is 9.97 Å². The molecule has 2 aliphatic heterocycles. The Balaban J connectivity index is 1.04. The van der Waals surface area contributed by atoms with Gasteiger partial charge in [0, 0.05) is 91.0 Å². The van der Waals surface area contributed by atoms with Crippen molar-refractivity contribution in [2.24, 2.45) is 0 Å². The van der Waals surface area contributed by atoms with Crippen LogP contribution < -0.4 is 36.2 Å². The van der Waals surface area contributed by atoms with Crippen molar-refractivity contribution in [1.29, 1.82) is 0 Å². The minimum Gasteiger partial charge on any atom is -0.388 e. The molecule has 0 atom stereocenters. The number of para-hydroxylation sites is 3. The van der Waals surface area contributed by atoms with Crippen LogP contribution in [0.15, 0.2) is 175 Å². The SMILES string of the molecule is CNc1ccc2nc3cc(C)c(-c4cc5c(cc4NC)N(c4ccccc4)c4cc(-c6cc7nc8cc(C)c(=O)cc-8n(-c8ccccc8)c7cc6NC)c(C)cc4N5)cc3[n+](-c3ccccc3)c2c1. The molecular weight excluding hydrogens is 863 g/mol. The zero-order chi connectivity index (χ0) is 47.8. The largest absolute Gasteiger partial charge is 0.388 e. The van der Waals surface area contributed by atoms with E-state index in [1.54, 1.807) is 6.07 Å². The van der Waals surface area contributed by atoms with E-state index in [1.807, 2.05) is 52.3 Å². The fraction of sp³-hybridized carbons (Fsp3) is 0.100. The van der Waals surface area contributed by atoms with Gasteiger partial charge in [0.15, 0.2) is 5.43 Å². The van der Waals surface area contributed by atoms with Crippen LogP contribution in [0.25, 0.3) is 78.1 Å². The number of hydrogen-bond acceptors (Lipinski definition) is 8. The molecule has 12 rings (SSSR count). The highest BCUT2D eigenvalue weighted by Crippen LogP contribution is 2.53. The first-order valence-electron chi connectivity index (χ1n) is 23.6. The topological polar surface area (TPSA) is 103 Å². The van der Waals surface area contributed by atoms with Gasteiger partial charge in [-0.25, -0.2) is 9.97 Å². The first-order chi connectivity index (χ1) is 34.2. The van der Waals surface area contributed by atoms with Crippen LogP contribution in [0.3, 0.4) is 0 Å². The van der Waals surface area contributed by atoms with Crippen LogP contribution in [0.1, 0.15) is 16.7 Å². The van der Waals surface area contributed by atoms with E-state index in [1.165, 1.54) is 0 Å². The first kappa shape index (κ1) is 42.3. The molecule has 0 radical (unpaired) electrons. The molecule has 0 amide bonds. The second kappa shape index (κ2) is 16.6. The van der Waals surface area contributed by atoms with Crippen LogP contribution in [-0.2, 0) is 0 Å². The summed E-state index contributed by atoms with van der Waals surface area (Å²) in [7, 11) is 5.90. The molecule has 9 aromatic rings. The molecule has 0 spiro atoms. The first-order valence-corrected chi connectivity index (χ1v) is 23.6. The van der Waals surface area contributed by atoms with E-state index in [2.05, 4.69) is 189 Å². The zero-order valence-electron chi connectivity index (χ0n) is 39.8. The Kier molecular flexibility index (Phi) is 10.1. The van der Waals surface area contributed by atoms with Crippen LogP contribution in [0, 0.1) is 20.8 Å². The van der Waals surface area contributed by atoms with Crippen LogP contribution in [0.4, 0.5) is 45.5 Å². The molecule has 1 aromatic heterocycles. The maximum absolute atomic E-state index is 13.1. The Bertz CT molecular complexity index is 3930. The third-order valence-corrected chi connectivity index (χ3v) is 13.8. The third kappa shape index (κ3) is 6.86. The molecule has 0 fully saturated rings. The lowest BCUT2D eigenvalue weighted by Gasteiger charge is -2.36. The van der Waals surface area contributed by atoms with Crippen LogP contribution in [0.2, 0.25) is 0 Å². The van der Waals surface area contributed by atoms with Gasteiger partial charge in [0.25, 0.3) is 0 Å². The summed E-state index contributed by atoms with van der Waals surface area (Å²) in [5.41, 5.74) is 24.3. The van der Waals surface area contributed by atoms with Gasteiger partial charge in [0.05, 0.1) is 45.2 Å². The molecule has 3 heterocycles. The van der Waals surface area contributed by atoms with E-state index in [-0.39, 0.29) is 5.43 Å². The Morgan fingerprint density at radius 3 is 1.86 bits per heavy atom. The number of benzene rings is 9. The summed E-state index contributed by atoms with van der Waals surface area (Å²) in [5.74, 6) is 0. The summed E-state index contributed by atoms with van der Waals surface area (Å²) in [4.78, 5) is 25.9. The molecule has 4 N–H and O–H groups in total. The summed E-state index contributed by atoms with van der Waals surface area (Å²) in [6, 6.07) is 59.2. The van der Waals surface area contributed by atoms with Crippen molar-refractivity contribution < 1.29 is 4.57 Å². The summed E-state index contributed by atoms with van der Waals surface area (Å²) < 4.78 is 4.47. The average Bonchev–Trinajstić information content (AvgIpc) is 3.39. The maximum Gasteiger partial charge on any atom is 0.239 e. The number of aromatic nitrogens is 4.